The number of alkyl halides is 3. The Kier molecular flexibility index (Phi) is 3.85. The first-order valence-corrected chi connectivity index (χ1v) is 5.09. The molecule has 0 atom stereocenters. The lowest BCUT2D eigenvalue weighted by atomic mass is 10.1. The fourth-order valence-corrected chi connectivity index (χ4v) is 1.71. The Morgan fingerprint density at radius 3 is 2.44 bits per heavy atom. The summed E-state index contributed by atoms with van der Waals surface area (Å²) in [5, 5.41) is -0.486. The van der Waals surface area contributed by atoms with Gasteiger partial charge < -0.3 is 4.74 Å². The molecule has 0 bridgehead atoms. The van der Waals surface area contributed by atoms with Crippen LogP contribution in [-0.4, -0.2) is 13.1 Å². The van der Waals surface area contributed by atoms with E-state index in [1.54, 1.807) is 0 Å². The molecule has 0 saturated heterocycles. The molecule has 0 amide bonds. The molecule has 16 heavy (non-hydrogen) atoms. The van der Waals surface area contributed by atoms with E-state index in [-0.39, 0.29) is 10.0 Å². The van der Waals surface area contributed by atoms with Gasteiger partial charge in [-0.3, -0.25) is 0 Å². The second-order valence-corrected chi connectivity index (χ2v) is 4.04. The Morgan fingerprint density at radius 1 is 1.44 bits per heavy atom. The van der Waals surface area contributed by atoms with E-state index in [0.717, 1.165) is 7.11 Å². The first-order valence-electron chi connectivity index (χ1n) is 3.92. The number of ether oxygens (including phenoxy) is 1. The molecular weight excluding hydrogens is 312 g/mol. The zero-order valence-electron chi connectivity index (χ0n) is 7.86. The van der Waals surface area contributed by atoms with Crippen molar-refractivity contribution in [1.29, 1.82) is 0 Å². The van der Waals surface area contributed by atoms with E-state index in [4.69, 9.17) is 11.6 Å². The van der Waals surface area contributed by atoms with Gasteiger partial charge in [-0.05, 0) is 28.1 Å². The number of esters is 1. The molecule has 0 fully saturated rings. The molecule has 0 unspecified atom stereocenters. The van der Waals surface area contributed by atoms with Crippen molar-refractivity contribution in [3.8, 4) is 0 Å². The van der Waals surface area contributed by atoms with Gasteiger partial charge in [-0.25, -0.2) is 4.79 Å². The van der Waals surface area contributed by atoms with Crippen molar-refractivity contribution in [2.24, 2.45) is 0 Å². The summed E-state index contributed by atoms with van der Waals surface area (Å²) < 4.78 is 41.9. The molecule has 0 heterocycles. The predicted octanol–water partition coefficient (Wildman–Crippen LogP) is 3.91. The molecule has 2 nitrogen and oxygen atoms in total. The van der Waals surface area contributed by atoms with E-state index in [1.807, 2.05) is 0 Å². The molecule has 1 aromatic carbocycles. The SMILES string of the molecule is COC(=O)c1cc(Br)c(Cl)c(C(F)(F)F)c1. The van der Waals surface area contributed by atoms with Crippen molar-refractivity contribution in [2.45, 2.75) is 6.18 Å². The summed E-state index contributed by atoms with van der Waals surface area (Å²) in [5.41, 5.74) is -1.30. The minimum Gasteiger partial charge on any atom is -0.465 e. The van der Waals surface area contributed by atoms with Gasteiger partial charge >= 0.3 is 12.1 Å². The maximum atomic E-state index is 12.5. The van der Waals surface area contributed by atoms with Crippen LogP contribution in [0, 0.1) is 0 Å². The van der Waals surface area contributed by atoms with Gasteiger partial charge in [0.2, 0.25) is 0 Å². The van der Waals surface area contributed by atoms with Gasteiger partial charge in [-0.1, -0.05) is 11.6 Å². The Hall–Kier alpha value is -0.750. The zero-order chi connectivity index (χ0) is 12.5. The van der Waals surface area contributed by atoms with Crippen molar-refractivity contribution < 1.29 is 22.7 Å². The number of methoxy groups -OCH3 is 1. The number of rotatable bonds is 1. The minimum atomic E-state index is -4.62. The van der Waals surface area contributed by atoms with Crippen LogP contribution in [-0.2, 0) is 10.9 Å². The third-order valence-electron chi connectivity index (χ3n) is 1.75. The van der Waals surface area contributed by atoms with Crippen molar-refractivity contribution in [1.82, 2.24) is 0 Å². The van der Waals surface area contributed by atoms with E-state index in [9.17, 15) is 18.0 Å². The first kappa shape index (κ1) is 13.3. The lowest BCUT2D eigenvalue weighted by molar-refractivity contribution is -0.137. The molecule has 0 spiro atoms. The van der Waals surface area contributed by atoms with Crippen LogP contribution in [0.2, 0.25) is 5.02 Å². The molecule has 1 rings (SSSR count). The maximum absolute atomic E-state index is 12.5. The Labute approximate surface area is 102 Å². The molecule has 0 radical (unpaired) electrons. The van der Waals surface area contributed by atoms with Gasteiger partial charge in [-0.15, -0.1) is 0 Å². The average Bonchev–Trinajstić information content (AvgIpc) is 2.18. The van der Waals surface area contributed by atoms with Crippen molar-refractivity contribution in [3.63, 3.8) is 0 Å². The average molecular weight is 317 g/mol. The molecule has 0 aromatic heterocycles. The molecule has 0 aliphatic heterocycles. The normalized spacial score (nSPS) is 11.4. The lowest BCUT2D eigenvalue weighted by Crippen LogP contribution is -2.10. The quantitative estimate of drug-likeness (QED) is 0.734. The van der Waals surface area contributed by atoms with Gasteiger partial charge in [0, 0.05) is 4.47 Å². The Morgan fingerprint density at radius 2 is 2.00 bits per heavy atom. The molecule has 1 aromatic rings. The molecule has 88 valence electrons. The largest absolute Gasteiger partial charge is 0.465 e. The molecular formula is C9H5BrClF3O2. The lowest BCUT2D eigenvalue weighted by Gasteiger charge is -2.11. The van der Waals surface area contributed by atoms with Gasteiger partial charge in [-0.2, -0.15) is 13.2 Å². The van der Waals surface area contributed by atoms with Crippen LogP contribution < -0.4 is 0 Å². The number of hydrogen-bond donors (Lipinski definition) is 0. The van der Waals surface area contributed by atoms with E-state index >= 15 is 0 Å². The van der Waals surface area contributed by atoms with Crippen molar-refractivity contribution >= 4 is 33.5 Å². The minimum absolute atomic E-state index is 0.00982. The number of benzene rings is 1. The zero-order valence-corrected chi connectivity index (χ0v) is 10.2. The highest BCUT2D eigenvalue weighted by Crippen LogP contribution is 2.39. The number of hydrogen-bond acceptors (Lipinski definition) is 2. The first-order chi connectivity index (χ1) is 7.27. The summed E-state index contributed by atoms with van der Waals surface area (Å²) in [6, 6.07) is 1.82. The Balaban J connectivity index is 3.39. The predicted molar refractivity (Wildman–Crippen MR) is 55.5 cm³/mol. The Bertz CT molecular complexity index is 431. The highest BCUT2D eigenvalue weighted by atomic mass is 79.9. The number of carbonyl (C=O) groups is 1. The third kappa shape index (κ3) is 2.68. The van der Waals surface area contributed by atoms with Crippen LogP contribution in [0.3, 0.4) is 0 Å². The van der Waals surface area contributed by atoms with Crippen molar-refractivity contribution in [3.05, 3.63) is 32.8 Å². The van der Waals surface area contributed by atoms with Crippen LogP contribution in [0.25, 0.3) is 0 Å². The summed E-state index contributed by atoms with van der Waals surface area (Å²) in [7, 11) is 1.08. The summed E-state index contributed by atoms with van der Waals surface area (Å²) in [5.74, 6) is -0.858. The van der Waals surface area contributed by atoms with Gasteiger partial charge in [0.05, 0.1) is 23.3 Å². The smallest absolute Gasteiger partial charge is 0.417 e. The van der Waals surface area contributed by atoms with E-state index in [2.05, 4.69) is 20.7 Å². The van der Waals surface area contributed by atoms with Gasteiger partial charge in [0.1, 0.15) is 0 Å². The second-order valence-electron chi connectivity index (χ2n) is 2.81. The number of halogens is 5. The monoisotopic (exact) mass is 316 g/mol. The van der Waals surface area contributed by atoms with Crippen LogP contribution in [0.4, 0.5) is 13.2 Å². The summed E-state index contributed by atoms with van der Waals surface area (Å²) in [6.07, 6.45) is -4.62. The fraction of sp³-hybridized carbons (Fsp3) is 0.222. The fourth-order valence-electron chi connectivity index (χ4n) is 1.03. The molecule has 7 heteroatoms. The van der Waals surface area contributed by atoms with Crippen LogP contribution in [0.5, 0.6) is 0 Å². The van der Waals surface area contributed by atoms with E-state index in [0.29, 0.717) is 6.07 Å². The second kappa shape index (κ2) is 4.63. The standard InChI is InChI=1S/C9H5BrClF3O2/c1-16-8(15)4-2-5(9(12,13)14)7(11)6(10)3-4/h2-3H,1H3. The maximum Gasteiger partial charge on any atom is 0.417 e. The van der Waals surface area contributed by atoms with Crippen LogP contribution in [0.15, 0.2) is 16.6 Å². The highest BCUT2D eigenvalue weighted by Gasteiger charge is 2.35. The van der Waals surface area contributed by atoms with Crippen LogP contribution in [0.1, 0.15) is 15.9 Å². The molecule has 0 N–H and O–H groups in total. The van der Waals surface area contributed by atoms with E-state index < -0.39 is 22.7 Å². The van der Waals surface area contributed by atoms with Crippen molar-refractivity contribution in [2.75, 3.05) is 7.11 Å². The molecule has 0 saturated carbocycles. The summed E-state index contributed by atoms with van der Waals surface area (Å²) in [4.78, 5) is 11.1. The molecule has 0 aliphatic carbocycles. The highest BCUT2D eigenvalue weighted by molar-refractivity contribution is 9.10. The molecule has 0 aliphatic rings. The summed E-state index contributed by atoms with van der Waals surface area (Å²) >= 11 is 8.33. The van der Waals surface area contributed by atoms with Gasteiger partial charge in [0.25, 0.3) is 0 Å². The van der Waals surface area contributed by atoms with Gasteiger partial charge in [0.15, 0.2) is 0 Å². The van der Waals surface area contributed by atoms with E-state index in [1.165, 1.54) is 6.07 Å². The summed E-state index contributed by atoms with van der Waals surface area (Å²) in [6.45, 7) is 0. The van der Waals surface area contributed by atoms with Crippen LogP contribution >= 0.6 is 27.5 Å². The number of carbonyl (C=O) groups excluding carboxylic acids is 1. The topological polar surface area (TPSA) is 26.3 Å². The third-order valence-corrected chi connectivity index (χ3v) is 3.02.